The van der Waals surface area contributed by atoms with Crippen LogP contribution in [0.3, 0.4) is 0 Å². The Morgan fingerprint density at radius 1 is 1.07 bits per heavy atom. The Balaban J connectivity index is 1.29. The van der Waals surface area contributed by atoms with E-state index in [1.54, 1.807) is 4.90 Å². The van der Waals surface area contributed by atoms with Crippen LogP contribution in [0.1, 0.15) is 64.0 Å². The lowest BCUT2D eigenvalue weighted by Gasteiger charge is -2.38. The van der Waals surface area contributed by atoms with Crippen molar-refractivity contribution in [2.45, 2.75) is 83.1 Å². The van der Waals surface area contributed by atoms with Gasteiger partial charge in [0.2, 0.25) is 17.7 Å². The maximum Gasteiger partial charge on any atom is 0.246 e. The van der Waals surface area contributed by atoms with Gasteiger partial charge in [-0.15, -0.1) is 0 Å². The molecular formula is C35H42ClN3O4. The summed E-state index contributed by atoms with van der Waals surface area (Å²) in [6, 6.07) is 14.5. The molecule has 2 N–H and O–H groups in total. The van der Waals surface area contributed by atoms with Crippen LogP contribution in [0.5, 0.6) is 0 Å². The number of fused-ring (bicyclic) bond motifs is 1. The number of likely N-dealkylation sites (tertiary alicyclic amines) is 1. The van der Waals surface area contributed by atoms with Crippen LogP contribution in [0.4, 0.5) is 5.69 Å². The molecule has 3 amide bonds. The first-order chi connectivity index (χ1) is 20.6. The molecule has 43 heavy (non-hydrogen) atoms. The molecule has 0 aromatic heterocycles. The standard InChI is InChI=1S/C35H42ClN3O4/c1-20(2)23-12-14-25(15-13-23)37-32(40)29-28-16-18-35(43-28)30(29)34(42)39(19-17-24-9-5-6-10-26(24)36)31(35)33(41)38-27-11-7-8-21(3)22(27)4/h5-6,9-10,12-16,18,20-22,27-31H,7-8,11,17,19H2,1-4H3,(H,37,40)(H,38,41)/t21-,22-,27-,28-,29+,30-,31-,35-/m1/s1. The Hall–Kier alpha value is -3.16. The fourth-order valence-electron chi connectivity index (χ4n) is 7.67. The van der Waals surface area contributed by atoms with Crippen LogP contribution < -0.4 is 10.6 Å². The number of amides is 3. The first-order valence-corrected chi connectivity index (χ1v) is 16.1. The van der Waals surface area contributed by atoms with Gasteiger partial charge in [-0.2, -0.15) is 0 Å². The van der Waals surface area contributed by atoms with Crippen molar-refractivity contribution in [3.8, 4) is 0 Å². The lowest BCUT2D eigenvalue weighted by atomic mass is 9.73. The van der Waals surface area contributed by atoms with Gasteiger partial charge in [0.05, 0.1) is 17.9 Å². The molecule has 0 radical (unpaired) electrons. The van der Waals surface area contributed by atoms with Crippen molar-refractivity contribution in [3.63, 3.8) is 0 Å². The molecule has 1 saturated carbocycles. The average Bonchev–Trinajstić information content (AvgIpc) is 3.62. The minimum absolute atomic E-state index is 0.0303. The SMILES string of the molecule is CC(C)c1ccc(NC(=O)[C@H]2[C@H]3C=C[C@@]4(O3)[C@H]2C(=O)N(CCc2ccccc2Cl)[C@@H]4C(=O)N[C@@H]2CCC[C@@H](C)[C@H]2C)cc1. The minimum Gasteiger partial charge on any atom is -0.359 e. The number of benzene rings is 2. The summed E-state index contributed by atoms with van der Waals surface area (Å²) >= 11 is 6.46. The van der Waals surface area contributed by atoms with E-state index in [9.17, 15) is 14.4 Å². The van der Waals surface area contributed by atoms with Crippen molar-refractivity contribution in [2.75, 3.05) is 11.9 Å². The van der Waals surface area contributed by atoms with Gasteiger partial charge < -0.3 is 20.3 Å². The van der Waals surface area contributed by atoms with Crippen molar-refractivity contribution >= 4 is 35.0 Å². The zero-order chi connectivity index (χ0) is 30.5. The summed E-state index contributed by atoms with van der Waals surface area (Å²) in [6.07, 6.45) is 6.76. The molecule has 2 saturated heterocycles. The Kier molecular flexibility index (Phi) is 8.16. The Morgan fingerprint density at radius 3 is 2.53 bits per heavy atom. The Morgan fingerprint density at radius 2 is 1.81 bits per heavy atom. The second kappa shape index (κ2) is 11.7. The molecule has 0 unspecified atom stereocenters. The molecule has 6 rings (SSSR count). The minimum atomic E-state index is -1.20. The van der Waals surface area contributed by atoms with Gasteiger partial charge in [-0.25, -0.2) is 0 Å². The third kappa shape index (κ3) is 5.29. The quantitative estimate of drug-likeness (QED) is 0.377. The van der Waals surface area contributed by atoms with Crippen molar-refractivity contribution < 1.29 is 19.1 Å². The van der Waals surface area contributed by atoms with E-state index >= 15 is 0 Å². The van der Waals surface area contributed by atoms with Gasteiger partial charge in [0.15, 0.2) is 0 Å². The molecule has 4 aliphatic rings. The number of anilines is 1. The van der Waals surface area contributed by atoms with Gasteiger partial charge >= 0.3 is 0 Å². The van der Waals surface area contributed by atoms with Gasteiger partial charge in [0.25, 0.3) is 0 Å². The van der Waals surface area contributed by atoms with Crippen LogP contribution in [-0.4, -0.2) is 53.0 Å². The Bertz CT molecular complexity index is 1420. The van der Waals surface area contributed by atoms with Crippen LogP contribution in [-0.2, 0) is 25.5 Å². The lowest BCUT2D eigenvalue weighted by Crippen LogP contribution is -2.58. The van der Waals surface area contributed by atoms with E-state index in [1.807, 2.05) is 60.7 Å². The molecule has 8 atom stereocenters. The maximum atomic E-state index is 14.3. The van der Waals surface area contributed by atoms with Crippen LogP contribution in [0.25, 0.3) is 0 Å². The van der Waals surface area contributed by atoms with Gasteiger partial charge in [0, 0.05) is 23.3 Å². The number of hydrogen-bond donors (Lipinski definition) is 2. The van der Waals surface area contributed by atoms with E-state index in [-0.39, 0.29) is 23.8 Å². The number of hydrogen-bond acceptors (Lipinski definition) is 4. The van der Waals surface area contributed by atoms with Crippen molar-refractivity contribution in [3.05, 3.63) is 76.8 Å². The Labute approximate surface area is 259 Å². The third-order valence-corrected chi connectivity index (χ3v) is 10.8. The molecule has 2 aromatic carbocycles. The zero-order valence-electron chi connectivity index (χ0n) is 25.4. The summed E-state index contributed by atoms with van der Waals surface area (Å²) in [6.45, 7) is 8.96. The van der Waals surface area contributed by atoms with Gasteiger partial charge in [-0.3, -0.25) is 14.4 Å². The molecule has 2 aromatic rings. The number of ether oxygens (including phenoxy) is 1. The van der Waals surface area contributed by atoms with Crippen molar-refractivity contribution in [1.29, 1.82) is 0 Å². The van der Waals surface area contributed by atoms with E-state index < -0.39 is 29.6 Å². The maximum absolute atomic E-state index is 14.3. The van der Waals surface area contributed by atoms with Crippen LogP contribution >= 0.6 is 11.6 Å². The first-order valence-electron chi connectivity index (χ1n) is 15.7. The highest BCUT2D eigenvalue weighted by atomic mass is 35.5. The van der Waals surface area contributed by atoms with Crippen LogP contribution in [0, 0.1) is 23.7 Å². The molecule has 3 heterocycles. The molecule has 2 bridgehead atoms. The van der Waals surface area contributed by atoms with Crippen LogP contribution in [0.15, 0.2) is 60.7 Å². The van der Waals surface area contributed by atoms with E-state index in [0.29, 0.717) is 41.4 Å². The van der Waals surface area contributed by atoms with Gasteiger partial charge in [0.1, 0.15) is 11.6 Å². The first kappa shape index (κ1) is 29.9. The largest absolute Gasteiger partial charge is 0.359 e. The van der Waals surface area contributed by atoms with Crippen molar-refractivity contribution in [1.82, 2.24) is 10.2 Å². The van der Waals surface area contributed by atoms with E-state index in [0.717, 1.165) is 24.8 Å². The number of nitrogens with one attached hydrogen (secondary N) is 2. The molecule has 3 fully saturated rings. The summed E-state index contributed by atoms with van der Waals surface area (Å²) < 4.78 is 6.53. The second-order valence-corrected chi connectivity index (χ2v) is 13.6. The number of rotatable bonds is 8. The van der Waals surface area contributed by atoms with E-state index in [1.165, 1.54) is 5.56 Å². The normalized spacial score (nSPS) is 32.7. The van der Waals surface area contributed by atoms with Crippen molar-refractivity contribution in [2.24, 2.45) is 23.7 Å². The highest BCUT2D eigenvalue weighted by Gasteiger charge is 2.72. The summed E-state index contributed by atoms with van der Waals surface area (Å²) in [5.74, 6) is -1.02. The predicted molar refractivity (Wildman–Crippen MR) is 168 cm³/mol. The van der Waals surface area contributed by atoms with Gasteiger partial charge in [-0.05, 0) is 59.9 Å². The molecule has 1 aliphatic carbocycles. The highest BCUT2D eigenvalue weighted by Crippen LogP contribution is 2.55. The van der Waals surface area contributed by atoms with Gasteiger partial charge in [-0.1, -0.05) is 94.6 Å². The van der Waals surface area contributed by atoms with Crippen LogP contribution in [0.2, 0.25) is 5.02 Å². The fourth-order valence-corrected chi connectivity index (χ4v) is 7.90. The van der Waals surface area contributed by atoms with E-state index in [4.69, 9.17) is 16.3 Å². The smallest absolute Gasteiger partial charge is 0.246 e. The molecule has 8 heteroatoms. The average molecular weight is 604 g/mol. The number of halogens is 1. The monoisotopic (exact) mass is 603 g/mol. The molecule has 1 spiro atoms. The molecular weight excluding hydrogens is 562 g/mol. The molecule has 7 nitrogen and oxygen atoms in total. The van der Waals surface area contributed by atoms with E-state index in [2.05, 4.69) is 38.3 Å². The third-order valence-electron chi connectivity index (χ3n) is 10.4. The number of carbonyl (C=O) groups excluding carboxylic acids is 3. The summed E-state index contributed by atoms with van der Waals surface area (Å²) in [7, 11) is 0. The zero-order valence-corrected chi connectivity index (χ0v) is 26.1. The summed E-state index contributed by atoms with van der Waals surface area (Å²) in [4.78, 5) is 44.0. The number of carbonyl (C=O) groups is 3. The topological polar surface area (TPSA) is 87.7 Å². The second-order valence-electron chi connectivity index (χ2n) is 13.2. The molecule has 3 aliphatic heterocycles. The predicted octanol–water partition coefficient (Wildman–Crippen LogP) is 5.74. The summed E-state index contributed by atoms with van der Waals surface area (Å²) in [5, 5.41) is 6.96. The molecule has 228 valence electrons. The fraction of sp³-hybridized carbons (Fsp3) is 0.514. The highest BCUT2D eigenvalue weighted by molar-refractivity contribution is 6.31. The summed E-state index contributed by atoms with van der Waals surface area (Å²) in [5.41, 5.74) is 1.56. The number of nitrogens with zero attached hydrogens (tertiary/aromatic N) is 1. The lowest BCUT2D eigenvalue weighted by molar-refractivity contribution is -0.141.